The van der Waals surface area contributed by atoms with E-state index in [1.54, 1.807) is 19.1 Å². The van der Waals surface area contributed by atoms with Gasteiger partial charge in [0.05, 0.1) is 17.7 Å². The van der Waals surface area contributed by atoms with Gasteiger partial charge in [0.1, 0.15) is 12.4 Å². The van der Waals surface area contributed by atoms with E-state index in [9.17, 15) is 14.0 Å². The average molecular weight is 302 g/mol. The summed E-state index contributed by atoms with van der Waals surface area (Å²) in [4.78, 5) is 23.9. The largest absolute Gasteiger partial charge is 0.462 e. The molecule has 0 aliphatic heterocycles. The Hall–Kier alpha value is -2.69. The van der Waals surface area contributed by atoms with Gasteiger partial charge in [-0.2, -0.15) is 0 Å². The van der Waals surface area contributed by atoms with E-state index in [0.717, 1.165) is 0 Å². The average Bonchev–Trinajstić information content (AvgIpc) is 2.54. The third-order valence-corrected chi connectivity index (χ3v) is 2.93. The third kappa shape index (κ3) is 3.91. The lowest BCUT2D eigenvalue weighted by molar-refractivity contribution is 0.0445. The lowest BCUT2D eigenvalue weighted by atomic mass is 10.1. The third-order valence-electron chi connectivity index (χ3n) is 2.93. The first kappa shape index (κ1) is 15.7. The SMILES string of the molecule is CCOC(=O)c1ccccc1C(=O)OCc1ccc(F)cc1. The lowest BCUT2D eigenvalue weighted by Crippen LogP contribution is -2.13. The molecule has 0 heterocycles. The number of rotatable bonds is 5. The van der Waals surface area contributed by atoms with Crippen molar-refractivity contribution in [2.45, 2.75) is 13.5 Å². The number of halogens is 1. The fourth-order valence-electron chi connectivity index (χ4n) is 1.86. The fraction of sp³-hybridized carbons (Fsp3) is 0.176. The summed E-state index contributed by atoms with van der Waals surface area (Å²) in [5.41, 5.74) is 0.958. The summed E-state index contributed by atoms with van der Waals surface area (Å²) in [7, 11) is 0. The van der Waals surface area contributed by atoms with Crippen LogP contribution in [0.1, 0.15) is 33.2 Å². The van der Waals surface area contributed by atoms with Gasteiger partial charge in [-0.3, -0.25) is 0 Å². The van der Waals surface area contributed by atoms with Gasteiger partial charge in [-0.05, 0) is 36.8 Å². The van der Waals surface area contributed by atoms with Crippen LogP contribution in [0.4, 0.5) is 4.39 Å². The second kappa shape index (κ2) is 7.36. The molecule has 2 rings (SSSR count). The summed E-state index contributed by atoms with van der Waals surface area (Å²) < 4.78 is 22.9. The van der Waals surface area contributed by atoms with E-state index >= 15 is 0 Å². The van der Waals surface area contributed by atoms with Crippen molar-refractivity contribution in [3.05, 3.63) is 71.0 Å². The molecular weight excluding hydrogens is 287 g/mol. The molecule has 0 fully saturated rings. The minimum absolute atomic E-state index is 0.00370. The molecular formula is C17H15FO4. The van der Waals surface area contributed by atoms with E-state index in [1.165, 1.54) is 36.4 Å². The highest BCUT2D eigenvalue weighted by Crippen LogP contribution is 2.13. The normalized spacial score (nSPS) is 10.1. The Balaban J connectivity index is 2.09. The summed E-state index contributed by atoms with van der Waals surface area (Å²) in [5, 5.41) is 0. The van der Waals surface area contributed by atoms with Gasteiger partial charge in [0.15, 0.2) is 0 Å². The molecule has 0 aliphatic rings. The minimum Gasteiger partial charge on any atom is -0.462 e. The van der Waals surface area contributed by atoms with Crippen LogP contribution in [-0.4, -0.2) is 18.5 Å². The van der Waals surface area contributed by atoms with Gasteiger partial charge in [-0.1, -0.05) is 24.3 Å². The molecule has 0 amide bonds. The molecule has 114 valence electrons. The Morgan fingerprint density at radius 3 is 2.00 bits per heavy atom. The monoisotopic (exact) mass is 302 g/mol. The number of carbonyl (C=O) groups excluding carboxylic acids is 2. The molecule has 22 heavy (non-hydrogen) atoms. The molecule has 5 heteroatoms. The van der Waals surface area contributed by atoms with E-state index in [4.69, 9.17) is 9.47 Å². The second-order valence-electron chi connectivity index (χ2n) is 4.47. The van der Waals surface area contributed by atoms with Crippen molar-refractivity contribution in [2.75, 3.05) is 6.61 Å². The molecule has 2 aromatic rings. The quantitative estimate of drug-likeness (QED) is 0.795. The van der Waals surface area contributed by atoms with Crippen molar-refractivity contribution < 1.29 is 23.5 Å². The number of ether oxygens (including phenoxy) is 2. The number of hydrogen-bond acceptors (Lipinski definition) is 4. The van der Waals surface area contributed by atoms with Crippen molar-refractivity contribution in [3.63, 3.8) is 0 Å². The van der Waals surface area contributed by atoms with Gasteiger partial charge in [0.2, 0.25) is 0 Å². The maximum atomic E-state index is 12.8. The van der Waals surface area contributed by atoms with E-state index in [-0.39, 0.29) is 30.2 Å². The summed E-state index contributed by atoms with van der Waals surface area (Å²) in [6.45, 7) is 1.90. The standard InChI is InChI=1S/C17H15FO4/c1-2-21-16(19)14-5-3-4-6-15(14)17(20)22-11-12-7-9-13(18)10-8-12/h3-10H,2,11H2,1H3. The fourth-order valence-corrected chi connectivity index (χ4v) is 1.86. The molecule has 0 unspecified atom stereocenters. The van der Waals surface area contributed by atoms with Crippen LogP contribution >= 0.6 is 0 Å². The van der Waals surface area contributed by atoms with Gasteiger partial charge in [-0.25, -0.2) is 14.0 Å². The molecule has 4 nitrogen and oxygen atoms in total. The Labute approximate surface area is 127 Å². The predicted molar refractivity (Wildman–Crippen MR) is 77.9 cm³/mol. The van der Waals surface area contributed by atoms with Crippen LogP contribution < -0.4 is 0 Å². The highest BCUT2D eigenvalue weighted by atomic mass is 19.1. The van der Waals surface area contributed by atoms with Crippen molar-refractivity contribution in [3.8, 4) is 0 Å². The smallest absolute Gasteiger partial charge is 0.339 e. The summed E-state index contributed by atoms with van der Waals surface area (Å²) >= 11 is 0. The first-order chi connectivity index (χ1) is 10.6. The number of benzene rings is 2. The Bertz CT molecular complexity index is 665. The van der Waals surface area contributed by atoms with Gasteiger partial charge in [0.25, 0.3) is 0 Å². The molecule has 0 radical (unpaired) electrons. The van der Waals surface area contributed by atoms with Crippen LogP contribution in [0.3, 0.4) is 0 Å². The molecule has 0 bridgehead atoms. The van der Waals surface area contributed by atoms with Crippen LogP contribution in [-0.2, 0) is 16.1 Å². The van der Waals surface area contributed by atoms with Gasteiger partial charge < -0.3 is 9.47 Å². The zero-order valence-electron chi connectivity index (χ0n) is 12.0. The van der Waals surface area contributed by atoms with E-state index < -0.39 is 11.9 Å². The minimum atomic E-state index is -0.632. The number of esters is 2. The summed E-state index contributed by atoms with van der Waals surface area (Å²) in [6.07, 6.45) is 0. The summed E-state index contributed by atoms with van der Waals surface area (Å²) in [5.74, 6) is -1.56. The Kier molecular flexibility index (Phi) is 5.25. The molecule has 0 saturated heterocycles. The van der Waals surface area contributed by atoms with Gasteiger partial charge >= 0.3 is 11.9 Å². The first-order valence-corrected chi connectivity index (χ1v) is 6.79. The summed E-state index contributed by atoms with van der Waals surface area (Å²) in [6, 6.07) is 11.9. The van der Waals surface area contributed by atoms with E-state index in [1.807, 2.05) is 0 Å². The van der Waals surface area contributed by atoms with E-state index in [0.29, 0.717) is 5.56 Å². The zero-order chi connectivity index (χ0) is 15.9. The molecule has 0 saturated carbocycles. The molecule has 0 aliphatic carbocycles. The highest BCUT2D eigenvalue weighted by molar-refractivity contribution is 6.03. The maximum absolute atomic E-state index is 12.8. The van der Waals surface area contributed by atoms with Crippen LogP contribution in [0, 0.1) is 5.82 Å². The predicted octanol–water partition coefficient (Wildman–Crippen LogP) is 3.36. The maximum Gasteiger partial charge on any atom is 0.339 e. The zero-order valence-corrected chi connectivity index (χ0v) is 12.0. The number of carbonyl (C=O) groups is 2. The second-order valence-corrected chi connectivity index (χ2v) is 4.47. The lowest BCUT2D eigenvalue weighted by Gasteiger charge is -2.09. The first-order valence-electron chi connectivity index (χ1n) is 6.79. The van der Waals surface area contributed by atoms with Crippen molar-refractivity contribution in [2.24, 2.45) is 0 Å². The van der Waals surface area contributed by atoms with Gasteiger partial charge in [-0.15, -0.1) is 0 Å². The molecule has 0 spiro atoms. The number of hydrogen-bond donors (Lipinski definition) is 0. The molecule has 0 aromatic heterocycles. The van der Waals surface area contributed by atoms with E-state index in [2.05, 4.69) is 0 Å². The molecule has 0 N–H and O–H groups in total. The van der Waals surface area contributed by atoms with Crippen molar-refractivity contribution >= 4 is 11.9 Å². The van der Waals surface area contributed by atoms with Crippen molar-refractivity contribution in [1.82, 2.24) is 0 Å². The Morgan fingerprint density at radius 1 is 0.909 bits per heavy atom. The van der Waals surface area contributed by atoms with Crippen LogP contribution in [0.2, 0.25) is 0 Å². The van der Waals surface area contributed by atoms with Crippen LogP contribution in [0.15, 0.2) is 48.5 Å². The van der Waals surface area contributed by atoms with Crippen LogP contribution in [0.5, 0.6) is 0 Å². The topological polar surface area (TPSA) is 52.6 Å². The molecule has 2 aromatic carbocycles. The van der Waals surface area contributed by atoms with Gasteiger partial charge in [0, 0.05) is 0 Å². The highest BCUT2D eigenvalue weighted by Gasteiger charge is 2.18. The Morgan fingerprint density at radius 2 is 1.45 bits per heavy atom. The van der Waals surface area contributed by atoms with Crippen LogP contribution in [0.25, 0.3) is 0 Å². The van der Waals surface area contributed by atoms with Crippen molar-refractivity contribution in [1.29, 1.82) is 0 Å². The molecule has 0 atom stereocenters.